The first-order valence-corrected chi connectivity index (χ1v) is 8.91. The van der Waals surface area contributed by atoms with Gasteiger partial charge in [-0.3, -0.25) is 0 Å². The molecule has 0 aliphatic carbocycles. The van der Waals surface area contributed by atoms with Crippen LogP contribution in [0.1, 0.15) is 5.30 Å². The van der Waals surface area contributed by atoms with E-state index >= 15 is 0 Å². The Morgan fingerprint density at radius 2 is 1.23 bits per heavy atom. The molecule has 1 heteroatoms. The van der Waals surface area contributed by atoms with Gasteiger partial charge in [-0.05, 0) is 34.0 Å². The number of hydrogen-bond acceptors (Lipinski definition) is 0. The van der Waals surface area contributed by atoms with Crippen molar-refractivity contribution in [3.8, 4) is 16.4 Å². The SMILES string of the molecule is Cc1c(-c2ccccc2)c2ccccc2p1-c1ccccc1. The molecular weight excluding hydrogens is 283 g/mol. The van der Waals surface area contributed by atoms with Crippen molar-refractivity contribution < 1.29 is 0 Å². The maximum atomic E-state index is 2.31. The minimum absolute atomic E-state index is 0.401. The molecule has 0 radical (unpaired) electrons. The molecule has 0 nitrogen and oxygen atoms in total. The average molecular weight is 300 g/mol. The normalized spacial score (nSPS) is 11.8. The summed E-state index contributed by atoms with van der Waals surface area (Å²) in [4.78, 5) is 0. The molecule has 106 valence electrons. The number of benzene rings is 3. The van der Waals surface area contributed by atoms with Crippen LogP contribution in [-0.2, 0) is 0 Å². The van der Waals surface area contributed by atoms with Gasteiger partial charge in [-0.25, -0.2) is 0 Å². The summed E-state index contributed by atoms with van der Waals surface area (Å²) in [6.07, 6.45) is 0. The highest BCUT2D eigenvalue weighted by atomic mass is 31.1. The van der Waals surface area contributed by atoms with Crippen LogP contribution in [0.3, 0.4) is 0 Å². The molecule has 0 spiro atoms. The van der Waals surface area contributed by atoms with E-state index in [0.717, 1.165) is 0 Å². The van der Waals surface area contributed by atoms with Crippen molar-refractivity contribution >= 4 is 18.0 Å². The van der Waals surface area contributed by atoms with Crippen molar-refractivity contribution in [1.29, 1.82) is 0 Å². The molecule has 0 N–H and O–H groups in total. The molecule has 1 atom stereocenters. The maximum absolute atomic E-state index is 2.31. The van der Waals surface area contributed by atoms with Crippen LogP contribution in [0.2, 0.25) is 0 Å². The topological polar surface area (TPSA) is 0 Å². The Morgan fingerprint density at radius 3 is 1.95 bits per heavy atom. The quantitative estimate of drug-likeness (QED) is 0.382. The van der Waals surface area contributed by atoms with Crippen LogP contribution < -0.4 is 0 Å². The third-order valence-electron chi connectivity index (χ3n) is 4.19. The second-order valence-corrected chi connectivity index (χ2v) is 7.85. The zero-order chi connectivity index (χ0) is 14.9. The fraction of sp³-hybridized carbons (Fsp3) is 0.0476. The third-order valence-corrected chi connectivity index (χ3v) is 6.77. The molecule has 0 aliphatic heterocycles. The molecule has 1 aromatic heterocycles. The van der Waals surface area contributed by atoms with Crippen LogP contribution in [0.15, 0.2) is 84.9 Å². The summed E-state index contributed by atoms with van der Waals surface area (Å²) in [5, 5.41) is 5.84. The minimum atomic E-state index is -0.401. The Labute approximate surface area is 132 Å². The summed E-state index contributed by atoms with van der Waals surface area (Å²) >= 11 is 0. The highest BCUT2D eigenvalue weighted by Gasteiger charge is 2.16. The molecule has 22 heavy (non-hydrogen) atoms. The van der Waals surface area contributed by atoms with Crippen molar-refractivity contribution in [2.24, 2.45) is 0 Å². The van der Waals surface area contributed by atoms with Gasteiger partial charge in [-0.1, -0.05) is 92.5 Å². The largest absolute Gasteiger partial charge is 0.0817 e. The lowest BCUT2D eigenvalue weighted by atomic mass is 10.0. The zero-order valence-corrected chi connectivity index (χ0v) is 13.4. The molecule has 3 aromatic carbocycles. The van der Waals surface area contributed by atoms with Gasteiger partial charge in [0, 0.05) is 5.12 Å². The Kier molecular flexibility index (Phi) is 3.33. The Bertz CT molecular complexity index is 842. The van der Waals surface area contributed by atoms with Gasteiger partial charge < -0.3 is 0 Å². The summed E-state index contributed by atoms with van der Waals surface area (Å²) in [6, 6.07) is 30.6. The number of hydrogen-bond donors (Lipinski definition) is 0. The average Bonchev–Trinajstić information content (AvgIpc) is 2.88. The first-order chi connectivity index (χ1) is 10.9. The van der Waals surface area contributed by atoms with Gasteiger partial charge >= 0.3 is 0 Å². The van der Waals surface area contributed by atoms with E-state index in [1.165, 1.54) is 32.2 Å². The fourth-order valence-corrected chi connectivity index (χ4v) is 5.88. The van der Waals surface area contributed by atoms with Gasteiger partial charge in [0.05, 0.1) is 0 Å². The zero-order valence-electron chi connectivity index (χ0n) is 12.5. The van der Waals surface area contributed by atoms with E-state index in [1.54, 1.807) is 0 Å². The summed E-state index contributed by atoms with van der Waals surface area (Å²) in [5.74, 6) is 0. The first kappa shape index (κ1) is 13.4. The molecule has 4 rings (SSSR count). The number of rotatable bonds is 2. The van der Waals surface area contributed by atoms with Gasteiger partial charge in [-0.2, -0.15) is 0 Å². The van der Waals surface area contributed by atoms with Crippen LogP contribution in [0.4, 0.5) is 0 Å². The minimum Gasteiger partial charge on any atom is -0.0817 e. The standard InChI is InChI=1S/C21H17P/c1-16-21(17-10-4-2-5-11-17)19-14-8-9-15-20(19)22(16)18-12-6-3-7-13-18/h2-15H,1H3. The van der Waals surface area contributed by atoms with E-state index in [0.29, 0.717) is 0 Å². The summed E-state index contributed by atoms with van der Waals surface area (Å²) in [5.41, 5.74) is 2.75. The Balaban J connectivity index is 2.10. The summed E-state index contributed by atoms with van der Waals surface area (Å²) in [6.45, 7) is 2.31. The highest BCUT2D eigenvalue weighted by molar-refractivity contribution is 7.63. The molecule has 0 saturated carbocycles. The van der Waals surface area contributed by atoms with Crippen molar-refractivity contribution in [2.45, 2.75) is 6.92 Å². The van der Waals surface area contributed by atoms with Gasteiger partial charge in [0.1, 0.15) is 0 Å². The third kappa shape index (κ3) is 2.08. The van der Waals surface area contributed by atoms with E-state index in [9.17, 15) is 0 Å². The van der Waals surface area contributed by atoms with Crippen LogP contribution in [0.25, 0.3) is 26.9 Å². The molecule has 0 fully saturated rings. The Hall–Kier alpha value is -2.30. The molecule has 1 heterocycles. The van der Waals surface area contributed by atoms with E-state index in [1.807, 2.05) is 0 Å². The lowest BCUT2D eigenvalue weighted by molar-refractivity contribution is 1.59. The molecule has 1 unspecified atom stereocenters. The van der Waals surface area contributed by atoms with Crippen molar-refractivity contribution in [3.63, 3.8) is 0 Å². The van der Waals surface area contributed by atoms with Gasteiger partial charge in [0.2, 0.25) is 0 Å². The monoisotopic (exact) mass is 300 g/mol. The predicted molar refractivity (Wildman–Crippen MR) is 98.2 cm³/mol. The van der Waals surface area contributed by atoms with E-state index in [2.05, 4.69) is 91.9 Å². The van der Waals surface area contributed by atoms with Crippen molar-refractivity contribution in [2.75, 3.05) is 0 Å². The molecule has 4 aromatic rings. The second-order valence-electron chi connectivity index (χ2n) is 5.51. The molecule has 0 amide bonds. The predicted octanol–water partition coefficient (Wildman–Crippen LogP) is 6.79. The van der Waals surface area contributed by atoms with Crippen LogP contribution in [0, 0.1) is 6.92 Å². The maximum Gasteiger partial charge on any atom is 0.00653 e. The van der Waals surface area contributed by atoms with Gasteiger partial charge in [0.25, 0.3) is 0 Å². The van der Waals surface area contributed by atoms with E-state index in [4.69, 9.17) is 0 Å². The lowest BCUT2D eigenvalue weighted by Crippen LogP contribution is -1.77. The van der Waals surface area contributed by atoms with Crippen molar-refractivity contribution in [1.82, 2.24) is 0 Å². The lowest BCUT2D eigenvalue weighted by Gasteiger charge is -2.05. The number of fused-ring (bicyclic) bond motifs is 1. The van der Waals surface area contributed by atoms with Gasteiger partial charge in [0.15, 0.2) is 0 Å². The summed E-state index contributed by atoms with van der Waals surface area (Å²) in [7, 11) is -0.401. The molecule has 0 bridgehead atoms. The highest BCUT2D eigenvalue weighted by Crippen LogP contribution is 2.55. The van der Waals surface area contributed by atoms with Crippen LogP contribution in [0.5, 0.6) is 0 Å². The smallest absolute Gasteiger partial charge is 0.00653 e. The van der Waals surface area contributed by atoms with Crippen molar-refractivity contribution in [3.05, 3.63) is 90.2 Å². The molecule has 0 aliphatic rings. The second kappa shape index (κ2) is 5.48. The molecule has 0 saturated heterocycles. The molecular formula is C21H17P. The van der Waals surface area contributed by atoms with Crippen LogP contribution >= 0.6 is 7.53 Å². The fourth-order valence-electron chi connectivity index (χ4n) is 3.25. The first-order valence-electron chi connectivity index (χ1n) is 7.57. The Morgan fingerprint density at radius 1 is 0.636 bits per heavy atom. The van der Waals surface area contributed by atoms with Gasteiger partial charge in [-0.15, -0.1) is 0 Å². The van der Waals surface area contributed by atoms with Crippen LogP contribution in [-0.4, -0.2) is 0 Å². The van der Waals surface area contributed by atoms with E-state index < -0.39 is 7.53 Å². The van der Waals surface area contributed by atoms with E-state index in [-0.39, 0.29) is 0 Å². The summed E-state index contributed by atoms with van der Waals surface area (Å²) < 4.78 is 0.